The number of hydrogen-bond acceptors (Lipinski definition) is 3. The number of hydrogen-bond donors (Lipinski definition) is 0. The van der Waals surface area contributed by atoms with Crippen molar-refractivity contribution in [3.63, 3.8) is 0 Å². The summed E-state index contributed by atoms with van der Waals surface area (Å²) in [6.07, 6.45) is 0.937. The third-order valence-electron chi connectivity index (χ3n) is 8.85. The molecule has 0 spiro atoms. The van der Waals surface area contributed by atoms with Crippen LogP contribution in [0.4, 0.5) is 5.69 Å². The van der Waals surface area contributed by atoms with Gasteiger partial charge in [0.15, 0.2) is 5.78 Å². The lowest BCUT2D eigenvalue weighted by Gasteiger charge is -2.38. The van der Waals surface area contributed by atoms with E-state index in [1.165, 1.54) is 4.90 Å². The highest BCUT2D eigenvalue weighted by Gasteiger charge is 2.80. The number of carbonyl (C=O) groups excluding carboxylic acids is 3. The van der Waals surface area contributed by atoms with Crippen molar-refractivity contribution in [3.05, 3.63) is 102 Å². The van der Waals surface area contributed by atoms with Crippen LogP contribution < -0.4 is 4.90 Å². The van der Waals surface area contributed by atoms with Crippen LogP contribution in [0.2, 0.25) is 0 Å². The van der Waals surface area contributed by atoms with Crippen LogP contribution >= 0.6 is 0 Å². The quantitative estimate of drug-likeness (QED) is 0.419. The zero-order chi connectivity index (χ0) is 25.2. The van der Waals surface area contributed by atoms with Gasteiger partial charge in [0.05, 0.1) is 28.4 Å². The van der Waals surface area contributed by atoms with Crippen LogP contribution in [0.5, 0.6) is 0 Å². The Morgan fingerprint density at radius 3 is 1.44 bits per heavy atom. The molecule has 36 heavy (non-hydrogen) atoms. The summed E-state index contributed by atoms with van der Waals surface area (Å²) in [6.45, 7) is 5.96. The average molecular weight is 476 g/mol. The maximum absolute atomic E-state index is 14.7. The van der Waals surface area contributed by atoms with Gasteiger partial charge in [0.2, 0.25) is 11.8 Å². The van der Waals surface area contributed by atoms with E-state index in [0.717, 1.165) is 27.8 Å². The minimum Gasteiger partial charge on any atom is -0.298 e. The molecule has 3 aliphatic rings. The molecule has 4 nitrogen and oxygen atoms in total. The van der Waals surface area contributed by atoms with Gasteiger partial charge >= 0.3 is 0 Å². The van der Waals surface area contributed by atoms with Crippen molar-refractivity contribution in [2.45, 2.75) is 33.6 Å². The summed E-state index contributed by atoms with van der Waals surface area (Å²) in [6, 6.07) is 27.4. The van der Waals surface area contributed by atoms with E-state index >= 15 is 0 Å². The lowest BCUT2D eigenvalue weighted by Crippen LogP contribution is -2.41. The SMILES string of the molecule is CC[C@]12C(=O)[C@](CC)(C(c3ccccc3)=C1c1ccccc1)[C@H]1C(=O)N(c3ccc(C)cc3)C(=O)[C@@H]12. The molecule has 0 aromatic heterocycles. The first-order valence-electron chi connectivity index (χ1n) is 12.8. The van der Waals surface area contributed by atoms with E-state index in [1.54, 1.807) is 0 Å². The smallest absolute Gasteiger partial charge is 0.239 e. The summed E-state index contributed by atoms with van der Waals surface area (Å²) in [5, 5.41) is 0. The minimum atomic E-state index is -1.04. The van der Waals surface area contributed by atoms with Crippen LogP contribution in [0.25, 0.3) is 11.1 Å². The molecule has 2 amide bonds. The first-order valence-corrected chi connectivity index (χ1v) is 12.8. The topological polar surface area (TPSA) is 54.5 Å². The fraction of sp³-hybridized carbons (Fsp3) is 0.281. The van der Waals surface area contributed by atoms with Crippen molar-refractivity contribution in [3.8, 4) is 0 Å². The van der Waals surface area contributed by atoms with Crippen molar-refractivity contribution < 1.29 is 14.4 Å². The highest BCUT2D eigenvalue weighted by molar-refractivity contribution is 6.34. The van der Waals surface area contributed by atoms with E-state index in [9.17, 15) is 14.4 Å². The molecule has 2 bridgehead atoms. The summed E-state index contributed by atoms with van der Waals surface area (Å²) in [7, 11) is 0. The van der Waals surface area contributed by atoms with Gasteiger partial charge in [-0.05, 0) is 54.2 Å². The van der Waals surface area contributed by atoms with Crippen LogP contribution in [0.1, 0.15) is 43.4 Å². The molecule has 180 valence electrons. The van der Waals surface area contributed by atoms with E-state index in [4.69, 9.17) is 0 Å². The minimum absolute atomic E-state index is 0.0398. The van der Waals surface area contributed by atoms with Gasteiger partial charge in [-0.1, -0.05) is 92.2 Å². The number of nitrogens with zero attached hydrogens (tertiary/aromatic N) is 1. The number of benzene rings is 3. The van der Waals surface area contributed by atoms with E-state index < -0.39 is 22.7 Å². The summed E-state index contributed by atoms with van der Waals surface area (Å²) < 4.78 is 0. The molecular formula is C32H29NO3. The molecular weight excluding hydrogens is 446 g/mol. The van der Waals surface area contributed by atoms with Crippen molar-refractivity contribution in [1.29, 1.82) is 0 Å². The molecule has 6 rings (SSSR count). The molecule has 3 aromatic carbocycles. The summed E-state index contributed by atoms with van der Waals surface area (Å²) in [5.74, 6) is -1.87. The molecule has 1 saturated heterocycles. The molecule has 1 aliphatic heterocycles. The van der Waals surface area contributed by atoms with Crippen molar-refractivity contribution in [1.82, 2.24) is 0 Å². The molecule has 2 aliphatic carbocycles. The van der Waals surface area contributed by atoms with Gasteiger partial charge in [-0.15, -0.1) is 0 Å². The molecule has 0 radical (unpaired) electrons. The number of anilines is 1. The monoisotopic (exact) mass is 475 g/mol. The van der Waals surface area contributed by atoms with Gasteiger partial charge in [0, 0.05) is 0 Å². The average Bonchev–Trinajstić information content (AvgIpc) is 3.41. The number of amides is 2. The van der Waals surface area contributed by atoms with E-state index in [1.807, 2.05) is 106 Å². The maximum Gasteiger partial charge on any atom is 0.239 e. The number of imide groups is 1. The molecule has 1 heterocycles. The molecule has 2 fully saturated rings. The molecule has 1 saturated carbocycles. The van der Waals surface area contributed by atoms with Crippen LogP contribution in [-0.2, 0) is 14.4 Å². The zero-order valence-electron chi connectivity index (χ0n) is 20.8. The van der Waals surface area contributed by atoms with E-state index in [2.05, 4.69) is 0 Å². The van der Waals surface area contributed by atoms with Gasteiger partial charge < -0.3 is 0 Å². The Kier molecular flexibility index (Phi) is 4.95. The van der Waals surface area contributed by atoms with Crippen molar-refractivity contribution in [2.75, 3.05) is 4.90 Å². The lowest BCUT2D eigenvalue weighted by atomic mass is 9.60. The van der Waals surface area contributed by atoms with E-state index in [0.29, 0.717) is 18.5 Å². The summed E-state index contributed by atoms with van der Waals surface area (Å²) in [4.78, 5) is 44.4. The second-order valence-electron chi connectivity index (χ2n) is 10.3. The number of Topliss-reactive ketones (excluding diaryl/α,β-unsaturated/α-hetero) is 1. The highest BCUT2D eigenvalue weighted by atomic mass is 16.2. The molecule has 0 unspecified atom stereocenters. The Labute approximate surface area is 211 Å². The number of allylic oxidation sites excluding steroid dienone is 2. The second kappa shape index (κ2) is 7.86. The molecule has 0 N–H and O–H groups in total. The lowest BCUT2D eigenvalue weighted by molar-refractivity contribution is -0.134. The Bertz CT molecular complexity index is 1340. The van der Waals surface area contributed by atoms with Crippen LogP contribution in [0.3, 0.4) is 0 Å². The van der Waals surface area contributed by atoms with Gasteiger partial charge in [0.1, 0.15) is 0 Å². The van der Waals surface area contributed by atoms with Crippen molar-refractivity contribution >= 4 is 34.4 Å². The Morgan fingerprint density at radius 1 is 0.639 bits per heavy atom. The predicted molar refractivity (Wildman–Crippen MR) is 141 cm³/mol. The molecule has 4 heteroatoms. The molecule has 4 atom stereocenters. The summed E-state index contributed by atoms with van der Waals surface area (Å²) in [5.41, 5.74) is 3.32. The number of fused-ring (bicyclic) bond motifs is 5. The second-order valence-corrected chi connectivity index (χ2v) is 10.3. The number of ketones is 1. The van der Waals surface area contributed by atoms with Crippen LogP contribution in [0, 0.1) is 29.6 Å². The van der Waals surface area contributed by atoms with Crippen molar-refractivity contribution in [2.24, 2.45) is 22.7 Å². The fourth-order valence-electron chi connectivity index (χ4n) is 7.40. The third kappa shape index (κ3) is 2.57. The Balaban J connectivity index is 1.67. The Morgan fingerprint density at radius 2 is 1.06 bits per heavy atom. The number of carbonyl (C=O) groups is 3. The largest absolute Gasteiger partial charge is 0.298 e. The summed E-state index contributed by atoms with van der Waals surface area (Å²) >= 11 is 0. The zero-order valence-corrected chi connectivity index (χ0v) is 20.8. The first kappa shape index (κ1) is 22.7. The van der Waals surface area contributed by atoms with Gasteiger partial charge in [-0.25, -0.2) is 4.90 Å². The predicted octanol–water partition coefficient (Wildman–Crippen LogP) is 6.10. The normalized spacial score (nSPS) is 28.9. The number of aryl methyl sites for hydroxylation is 1. The maximum atomic E-state index is 14.7. The van der Waals surface area contributed by atoms with Crippen LogP contribution in [-0.4, -0.2) is 17.6 Å². The molecule has 3 aromatic rings. The highest BCUT2D eigenvalue weighted by Crippen LogP contribution is 2.75. The van der Waals surface area contributed by atoms with Gasteiger partial charge in [-0.2, -0.15) is 0 Å². The van der Waals surface area contributed by atoms with Crippen LogP contribution in [0.15, 0.2) is 84.9 Å². The Hall–Kier alpha value is -3.79. The van der Waals surface area contributed by atoms with Gasteiger partial charge in [-0.3, -0.25) is 14.4 Å². The standard InChI is InChI=1S/C32H29NO3/c1-4-31-24(21-12-8-6-9-13-21)25(22-14-10-7-11-15-22)32(5-2,30(31)36)27-26(31)28(34)33(29(27)35)23-18-16-20(3)17-19-23/h6-19,26-27H,4-5H2,1-3H3/t26-,27-,31-,32+/m1/s1. The third-order valence-corrected chi connectivity index (χ3v) is 8.85. The van der Waals surface area contributed by atoms with E-state index in [-0.39, 0.29) is 17.6 Å². The first-order chi connectivity index (χ1) is 17.4. The van der Waals surface area contributed by atoms with Gasteiger partial charge in [0.25, 0.3) is 0 Å². The number of rotatable bonds is 5. The fourth-order valence-corrected chi connectivity index (χ4v) is 7.40.